The third-order valence-electron chi connectivity index (χ3n) is 5.90. The van der Waals surface area contributed by atoms with Crippen molar-refractivity contribution < 1.29 is 19.1 Å². The minimum Gasteiger partial charge on any atom is -0.481 e. The molecule has 0 fully saturated rings. The van der Waals surface area contributed by atoms with E-state index >= 15 is 0 Å². The number of carboxylic acids is 1. The van der Waals surface area contributed by atoms with Crippen LogP contribution < -0.4 is 10.9 Å². The van der Waals surface area contributed by atoms with E-state index < -0.39 is 24.0 Å². The summed E-state index contributed by atoms with van der Waals surface area (Å²) in [7, 11) is 0. The number of hydrogen-bond donors (Lipinski definition) is 2. The predicted molar refractivity (Wildman–Crippen MR) is 136 cm³/mol. The number of amides is 1. The minimum absolute atomic E-state index is 0.133. The van der Waals surface area contributed by atoms with Gasteiger partial charge in [-0.1, -0.05) is 13.8 Å². The summed E-state index contributed by atoms with van der Waals surface area (Å²) in [4.78, 5) is 38.5. The highest BCUT2D eigenvalue weighted by Gasteiger charge is 2.27. The SMILES string of the molecule is Cc1ccn([C@H](CC(C)C)C(=O)N[C@@H](CC(=O)O)c2csc(-c3c(C)cc(F)cc3C)c2)c(=O)c1. The second kappa shape index (κ2) is 11.0. The van der Waals surface area contributed by atoms with Crippen molar-refractivity contribution in [3.05, 3.63) is 80.3 Å². The van der Waals surface area contributed by atoms with E-state index in [-0.39, 0.29) is 23.7 Å². The Morgan fingerprint density at radius 2 is 1.77 bits per heavy atom. The summed E-state index contributed by atoms with van der Waals surface area (Å²) in [6, 6.07) is 6.49. The van der Waals surface area contributed by atoms with E-state index in [4.69, 9.17) is 0 Å². The van der Waals surface area contributed by atoms with Crippen molar-refractivity contribution in [1.82, 2.24) is 9.88 Å². The molecule has 2 atom stereocenters. The minimum atomic E-state index is -1.05. The largest absolute Gasteiger partial charge is 0.481 e. The van der Waals surface area contributed by atoms with Crippen LogP contribution in [-0.4, -0.2) is 21.6 Å². The molecular weight excluding hydrogens is 467 g/mol. The van der Waals surface area contributed by atoms with E-state index in [0.29, 0.717) is 12.0 Å². The maximum Gasteiger partial charge on any atom is 0.305 e. The normalized spacial score (nSPS) is 13.0. The fourth-order valence-electron chi connectivity index (χ4n) is 4.30. The molecule has 0 bridgehead atoms. The molecular formula is C27H31FN2O4S. The number of rotatable bonds is 9. The van der Waals surface area contributed by atoms with E-state index in [1.807, 2.05) is 46.1 Å². The molecule has 2 N–H and O–H groups in total. The number of thiophene rings is 1. The van der Waals surface area contributed by atoms with Gasteiger partial charge in [-0.05, 0) is 90.6 Å². The highest BCUT2D eigenvalue weighted by Crippen LogP contribution is 2.35. The van der Waals surface area contributed by atoms with Gasteiger partial charge in [0.25, 0.3) is 5.56 Å². The Bertz CT molecular complexity index is 1270. The van der Waals surface area contributed by atoms with Crippen molar-refractivity contribution >= 4 is 23.2 Å². The van der Waals surface area contributed by atoms with Crippen molar-refractivity contribution in [2.45, 2.75) is 59.5 Å². The number of aliphatic carboxylic acids is 1. The van der Waals surface area contributed by atoms with Gasteiger partial charge in [-0.15, -0.1) is 11.3 Å². The van der Waals surface area contributed by atoms with Crippen LogP contribution in [0.2, 0.25) is 0 Å². The number of aromatic nitrogens is 1. The molecule has 0 saturated carbocycles. The van der Waals surface area contributed by atoms with Crippen LogP contribution >= 0.6 is 11.3 Å². The standard InChI is InChI=1S/C27H31FN2O4S/c1-15(2)8-22(30-7-6-16(3)9-24(30)31)27(34)29-21(13-25(32)33)19-12-23(35-14-19)26-17(4)10-20(28)11-18(26)5/h6-7,9-12,14-15,21-22H,8,13H2,1-5H3,(H,29,34)(H,32,33)/t21-,22+/m0/s1. The number of pyridine rings is 1. The highest BCUT2D eigenvalue weighted by atomic mass is 32.1. The third-order valence-corrected chi connectivity index (χ3v) is 6.86. The molecule has 3 rings (SSSR count). The molecule has 0 unspecified atom stereocenters. The van der Waals surface area contributed by atoms with Gasteiger partial charge in [0.05, 0.1) is 12.5 Å². The molecule has 0 spiro atoms. The van der Waals surface area contributed by atoms with Gasteiger partial charge in [-0.2, -0.15) is 0 Å². The van der Waals surface area contributed by atoms with E-state index in [9.17, 15) is 23.9 Å². The van der Waals surface area contributed by atoms with Gasteiger partial charge in [0.1, 0.15) is 11.9 Å². The number of hydrogen-bond acceptors (Lipinski definition) is 4. The van der Waals surface area contributed by atoms with Crippen molar-refractivity contribution in [3.8, 4) is 10.4 Å². The molecule has 186 valence electrons. The number of nitrogens with zero attached hydrogens (tertiary/aromatic N) is 1. The lowest BCUT2D eigenvalue weighted by atomic mass is 9.98. The Hall–Kier alpha value is -3.26. The van der Waals surface area contributed by atoms with Crippen molar-refractivity contribution in [2.75, 3.05) is 0 Å². The summed E-state index contributed by atoms with van der Waals surface area (Å²) in [6.07, 6.45) is 1.73. The summed E-state index contributed by atoms with van der Waals surface area (Å²) in [5.74, 6) is -1.63. The predicted octanol–water partition coefficient (Wildman–Crippen LogP) is 5.56. The lowest BCUT2D eigenvalue weighted by Gasteiger charge is -2.24. The highest BCUT2D eigenvalue weighted by molar-refractivity contribution is 7.13. The fraction of sp³-hybridized carbons (Fsp3) is 0.370. The van der Waals surface area contributed by atoms with Gasteiger partial charge in [-0.25, -0.2) is 4.39 Å². The van der Waals surface area contributed by atoms with Gasteiger partial charge < -0.3 is 15.0 Å². The van der Waals surface area contributed by atoms with Crippen LogP contribution in [0.5, 0.6) is 0 Å². The Morgan fingerprint density at radius 1 is 1.11 bits per heavy atom. The summed E-state index contributed by atoms with van der Waals surface area (Å²) < 4.78 is 15.2. The summed E-state index contributed by atoms with van der Waals surface area (Å²) in [6.45, 7) is 9.40. The zero-order valence-corrected chi connectivity index (χ0v) is 21.4. The molecule has 2 aromatic heterocycles. The quantitative estimate of drug-likeness (QED) is 0.404. The van der Waals surface area contributed by atoms with Gasteiger partial charge in [0.2, 0.25) is 5.91 Å². The Morgan fingerprint density at radius 3 is 2.34 bits per heavy atom. The van der Waals surface area contributed by atoms with Crippen LogP contribution in [0.4, 0.5) is 4.39 Å². The van der Waals surface area contributed by atoms with E-state index in [2.05, 4.69) is 5.32 Å². The molecule has 0 aliphatic heterocycles. The number of aryl methyl sites for hydroxylation is 3. The Balaban J connectivity index is 1.94. The average Bonchev–Trinajstić information content (AvgIpc) is 3.20. The van der Waals surface area contributed by atoms with Gasteiger partial charge >= 0.3 is 5.97 Å². The lowest BCUT2D eigenvalue weighted by molar-refractivity contribution is -0.138. The zero-order valence-electron chi connectivity index (χ0n) is 20.6. The van der Waals surface area contributed by atoms with Crippen LogP contribution in [0, 0.1) is 32.5 Å². The van der Waals surface area contributed by atoms with Crippen LogP contribution in [0.25, 0.3) is 10.4 Å². The molecule has 3 aromatic rings. The van der Waals surface area contributed by atoms with Gasteiger partial charge in [0.15, 0.2) is 0 Å². The fourth-order valence-corrected chi connectivity index (χ4v) is 5.44. The topological polar surface area (TPSA) is 88.4 Å². The lowest BCUT2D eigenvalue weighted by Crippen LogP contribution is -2.40. The monoisotopic (exact) mass is 498 g/mol. The Kier molecular flexibility index (Phi) is 8.27. The molecule has 0 saturated heterocycles. The maximum absolute atomic E-state index is 13.8. The molecule has 1 aromatic carbocycles. The zero-order chi connectivity index (χ0) is 25.9. The average molecular weight is 499 g/mol. The number of carbonyl (C=O) groups is 2. The first-order chi connectivity index (χ1) is 16.5. The van der Waals surface area contributed by atoms with E-state index in [1.54, 1.807) is 12.3 Å². The van der Waals surface area contributed by atoms with Crippen LogP contribution in [0.3, 0.4) is 0 Å². The molecule has 0 aliphatic carbocycles. The van der Waals surface area contributed by atoms with E-state index in [1.165, 1.54) is 34.1 Å². The number of carboxylic acid groups (broad SMARTS) is 1. The van der Waals surface area contributed by atoms with Crippen LogP contribution in [0.15, 0.2) is 46.7 Å². The summed E-state index contributed by atoms with van der Waals surface area (Å²) in [5.41, 5.74) is 3.64. The molecule has 0 aliphatic rings. The van der Waals surface area contributed by atoms with Gasteiger partial charge in [-0.3, -0.25) is 14.4 Å². The number of halogens is 1. The van der Waals surface area contributed by atoms with Crippen molar-refractivity contribution in [3.63, 3.8) is 0 Å². The smallest absolute Gasteiger partial charge is 0.305 e. The number of benzene rings is 1. The summed E-state index contributed by atoms with van der Waals surface area (Å²) in [5, 5.41) is 14.2. The molecule has 2 heterocycles. The molecule has 8 heteroatoms. The van der Waals surface area contributed by atoms with E-state index in [0.717, 1.165) is 27.1 Å². The Labute approximate surface area is 208 Å². The first kappa shape index (κ1) is 26.3. The first-order valence-corrected chi connectivity index (χ1v) is 12.4. The molecule has 0 radical (unpaired) electrons. The van der Waals surface area contributed by atoms with Gasteiger partial charge in [0, 0.05) is 17.1 Å². The molecule has 35 heavy (non-hydrogen) atoms. The van der Waals surface area contributed by atoms with Crippen LogP contribution in [-0.2, 0) is 9.59 Å². The first-order valence-electron chi connectivity index (χ1n) is 11.5. The second-order valence-corrected chi connectivity index (χ2v) is 10.3. The van der Waals surface area contributed by atoms with Crippen molar-refractivity contribution in [2.24, 2.45) is 5.92 Å². The van der Waals surface area contributed by atoms with Crippen molar-refractivity contribution in [1.29, 1.82) is 0 Å². The molecule has 6 nitrogen and oxygen atoms in total. The number of nitrogens with one attached hydrogen (secondary N) is 1. The summed E-state index contributed by atoms with van der Waals surface area (Å²) >= 11 is 1.42. The maximum atomic E-state index is 13.8. The number of carbonyl (C=O) groups excluding carboxylic acids is 1. The van der Waals surface area contributed by atoms with Crippen LogP contribution in [0.1, 0.15) is 61.0 Å². The molecule has 1 amide bonds. The second-order valence-electron chi connectivity index (χ2n) is 9.41. The third kappa shape index (κ3) is 6.45.